The van der Waals surface area contributed by atoms with E-state index in [1.54, 1.807) is 0 Å². The number of carbonyl (C=O) groups is 1. The number of nitrogens with one attached hydrogen (secondary N) is 1. The van der Waals surface area contributed by atoms with Gasteiger partial charge in [0, 0.05) is 0 Å². The molecule has 1 N–H and O–H groups in total. The van der Waals surface area contributed by atoms with E-state index in [1.165, 1.54) is 6.26 Å². The number of hydrogen-bond donors (Lipinski definition) is 1. The van der Waals surface area contributed by atoms with E-state index in [0.29, 0.717) is 5.92 Å². The fourth-order valence-electron chi connectivity index (χ4n) is 1.90. The minimum atomic E-state index is -0.0677. The molecule has 1 saturated heterocycles. The van der Waals surface area contributed by atoms with Crippen LogP contribution in [-0.4, -0.2) is 19.1 Å². The summed E-state index contributed by atoms with van der Waals surface area (Å²) in [6, 6.07) is 0. The molecule has 1 unspecified atom stereocenters. The Balaban J connectivity index is 1.97. The van der Waals surface area contributed by atoms with Crippen LogP contribution in [0.4, 0.5) is 0 Å². The molecule has 2 aliphatic rings. The zero-order valence-corrected chi connectivity index (χ0v) is 6.95. The first-order valence-corrected chi connectivity index (χ1v) is 4.46. The zero-order chi connectivity index (χ0) is 8.39. The Morgan fingerprint density at radius 1 is 1.42 bits per heavy atom. The van der Waals surface area contributed by atoms with Crippen molar-refractivity contribution in [3.05, 3.63) is 12.3 Å². The predicted molar refractivity (Wildman–Crippen MR) is 44.3 cm³/mol. The molecule has 0 amide bonds. The molecular formula is C9H13NO2. The summed E-state index contributed by atoms with van der Waals surface area (Å²) in [6.45, 7) is 2.06. The van der Waals surface area contributed by atoms with Crippen LogP contribution in [-0.2, 0) is 9.53 Å². The molecule has 3 heteroatoms. The van der Waals surface area contributed by atoms with Gasteiger partial charge < -0.3 is 10.1 Å². The number of piperidine rings is 1. The average molecular weight is 167 g/mol. The minimum Gasteiger partial charge on any atom is -0.434 e. The van der Waals surface area contributed by atoms with Crippen LogP contribution in [0.3, 0.4) is 0 Å². The highest BCUT2D eigenvalue weighted by atomic mass is 16.5. The summed E-state index contributed by atoms with van der Waals surface area (Å²) in [7, 11) is 0. The number of cyclic esters (lactones) is 1. The van der Waals surface area contributed by atoms with Crippen LogP contribution in [0.1, 0.15) is 12.8 Å². The molecule has 0 aromatic rings. The monoisotopic (exact) mass is 167 g/mol. The standard InChI is InChI=1S/C9H13NO2/c11-9-8(3-6-12-9)7-1-4-10-5-2-7/h3,6-8,10H,1-2,4-5H2. The van der Waals surface area contributed by atoms with Gasteiger partial charge in [-0.15, -0.1) is 0 Å². The number of ether oxygens (including phenoxy) is 1. The van der Waals surface area contributed by atoms with E-state index in [0.717, 1.165) is 25.9 Å². The maximum absolute atomic E-state index is 11.2. The van der Waals surface area contributed by atoms with Crippen molar-refractivity contribution in [2.24, 2.45) is 11.8 Å². The Labute approximate surface area is 71.8 Å². The van der Waals surface area contributed by atoms with Gasteiger partial charge in [0.15, 0.2) is 0 Å². The SMILES string of the molecule is O=C1OC=CC1C1CCNCC1. The molecule has 12 heavy (non-hydrogen) atoms. The fourth-order valence-corrected chi connectivity index (χ4v) is 1.90. The molecule has 1 fully saturated rings. The summed E-state index contributed by atoms with van der Waals surface area (Å²) in [5.41, 5.74) is 0. The molecular weight excluding hydrogens is 154 g/mol. The Morgan fingerprint density at radius 3 is 2.75 bits per heavy atom. The maximum atomic E-state index is 11.2. The van der Waals surface area contributed by atoms with Crippen molar-refractivity contribution in [3.63, 3.8) is 0 Å². The fraction of sp³-hybridized carbons (Fsp3) is 0.667. The van der Waals surface area contributed by atoms with E-state index in [-0.39, 0.29) is 11.9 Å². The van der Waals surface area contributed by atoms with Gasteiger partial charge in [0.1, 0.15) is 0 Å². The Bertz CT molecular complexity index is 207. The number of rotatable bonds is 1. The number of carbonyl (C=O) groups excluding carboxylic acids is 1. The zero-order valence-electron chi connectivity index (χ0n) is 6.95. The second kappa shape index (κ2) is 3.27. The Hall–Kier alpha value is -0.830. The molecule has 0 saturated carbocycles. The number of esters is 1. The molecule has 2 aliphatic heterocycles. The van der Waals surface area contributed by atoms with Crippen molar-refractivity contribution in [1.29, 1.82) is 0 Å². The molecule has 0 aliphatic carbocycles. The second-order valence-corrected chi connectivity index (χ2v) is 3.38. The van der Waals surface area contributed by atoms with E-state index < -0.39 is 0 Å². The van der Waals surface area contributed by atoms with Gasteiger partial charge in [0.05, 0.1) is 12.2 Å². The summed E-state index contributed by atoms with van der Waals surface area (Å²) in [5.74, 6) is 0.464. The van der Waals surface area contributed by atoms with E-state index in [2.05, 4.69) is 5.32 Å². The van der Waals surface area contributed by atoms with E-state index in [9.17, 15) is 4.79 Å². The lowest BCUT2D eigenvalue weighted by molar-refractivity contribution is -0.140. The smallest absolute Gasteiger partial charge is 0.317 e. The van der Waals surface area contributed by atoms with Gasteiger partial charge in [0.25, 0.3) is 0 Å². The molecule has 0 bridgehead atoms. The van der Waals surface area contributed by atoms with Crippen molar-refractivity contribution in [3.8, 4) is 0 Å². The normalized spacial score (nSPS) is 30.7. The first-order valence-electron chi connectivity index (χ1n) is 4.46. The quantitative estimate of drug-likeness (QED) is 0.583. The topological polar surface area (TPSA) is 38.3 Å². The molecule has 0 spiro atoms. The van der Waals surface area contributed by atoms with Gasteiger partial charge in [-0.2, -0.15) is 0 Å². The summed E-state index contributed by atoms with van der Waals surface area (Å²) < 4.78 is 4.78. The van der Waals surface area contributed by atoms with Gasteiger partial charge in [-0.1, -0.05) is 0 Å². The Kier molecular flexibility index (Phi) is 2.13. The van der Waals surface area contributed by atoms with Gasteiger partial charge in [-0.05, 0) is 37.9 Å². The maximum Gasteiger partial charge on any atom is 0.317 e. The second-order valence-electron chi connectivity index (χ2n) is 3.38. The highest BCUT2D eigenvalue weighted by molar-refractivity contribution is 5.77. The van der Waals surface area contributed by atoms with Crippen molar-refractivity contribution in [2.75, 3.05) is 13.1 Å². The lowest BCUT2D eigenvalue weighted by atomic mass is 9.85. The van der Waals surface area contributed by atoms with Crippen LogP contribution in [0.2, 0.25) is 0 Å². The minimum absolute atomic E-state index is 0.0344. The molecule has 66 valence electrons. The lowest BCUT2D eigenvalue weighted by Gasteiger charge is -2.24. The molecule has 0 radical (unpaired) electrons. The highest BCUT2D eigenvalue weighted by Crippen LogP contribution is 2.27. The van der Waals surface area contributed by atoms with E-state index >= 15 is 0 Å². The average Bonchev–Trinajstić information content (AvgIpc) is 2.53. The molecule has 0 aromatic heterocycles. The summed E-state index contributed by atoms with van der Waals surface area (Å²) >= 11 is 0. The van der Waals surface area contributed by atoms with Crippen LogP contribution in [0.5, 0.6) is 0 Å². The first-order chi connectivity index (χ1) is 5.88. The van der Waals surface area contributed by atoms with Gasteiger partial charge in [-0.25, -0.2) is 0 Å². The van der Waals surface area contributed by atoms with Crippen LogP contribution in [0.25, 0.3) is 0 Å². The Morgan fingerprint density at radius 2 is 2.17 bits per heavy atom. The van der Waals surface area contributed by atoms with Crippen molar-refractivity contribution in [1.82, 2.24) is 5.32 Å². The van der Waals surface area contributed by atoms with Crippen LogP contribution >= 0.6 is 0 Å². The molecule has 3 nitrogen and oxygen atoms in total. The van der Waals surface area contributed by atoms with Gasteiger partial charge in [-0.3, -0.25) is 4.79 Å². The van der Waals surface area contributed by atoms with Gasteiger partial charge >= 0.3 is 5.97 Å². The largest absolute Gasteiger partial charge is 0.434 e. The van der Waals surface area contributed by atoms with E-state index in [4.69, 9.17) is 4.74 Å². The van der Waals surface area contributed by atoms with Crippen LogP contribution in [0.15, 0.2) is 12.3 Å². The summed E-state index contributed by atoms with van der Waals surface area (Å²) in [6.07, 6.45) is 5.58. The molecule has 2 rings (SSSR count). The highest BCUT2D eigenvalue weighted by Gasteiger charge is 2.31. The lowest BCUT2D eigenvalue weighted by Crippen LogP contribution is -2.33. The van der Waals surface area contributed by atoms with Gasteiger partial charge in [0.2, 0.25) is 0 Å². The van der Waals surface area contributed by atoms with Crippen molar-refractivity contribution < 1.29 is 9.53 Å². The third-order valence-electron chi connectivity index (χ3n) is 2.63. The van der Waals surface area contributed by atoms with E-state index in [1.807, 2.05) is 6.08 Å². The molecule has 0 aromatic carbocycles. The third-order valence-corrected chi connectivity index (χ3v) is 2.63. The van der Waals surface area contributed by atoms with Crippen molar-refractivity contribution in [2.45, 2.75) is 12.8 Å². The number of hydrogen-bond acceptors (Lipinski definition) is 3. The predicted octanol–water partition coefficient (Wildman–Crippen LogP) is 0.673. The first kappa shape index (κ1) is 7.80. The summed E-state index contributed by atoms with van der Waals surface area (Å²) in [4.78, 5) is 11.2. The van der Waals surface area contributed by atoms with Crippen LogP contribution < -0.4 is 5.32 Å². The summed E-state index contributed by atoms with van der Waals surface area (Å²) in [5, 5.41) is 3.28. The van der Waals surface area contributed by atoms with Crippen molar-refractivity contribution >= 4 is 5.97 Å². The molecule has 1 atom stereocenters. The van der Waals surface area contributed by atoms with Crippen LogP contribution in [0, 0.1) is 11.8 Å². The molecule has 2 heterocycles. The third kappa shape index (κ3) is 1.37.